The maximum absolute atomic E-state index is 12.6. The van der Waals surface area contributed by atoms with Gasteiger partial charge in [0.1, 0.15) is 0 Å². The van der Waals surface area contributed by atoms with E-state index in [0.29, 0.717) is 0 Å². The van der Waals surface area contributed by atoms with Gasteiger partial charge in [-0.2, -0.15) is 11.8 Å². The third kappa shape index (κ3) is 22.8. The van der Waals surface area contributed by atoms with E-state index in [2.05, 4.69) is 97.2 Å². The highest BCUT2D eigenvalue weighted by Crippen LogP contribution is 2.25. The Balaban J connectivity index is 4.44. The third-order valence-corrected chi connectivity index (χ3v) is 9.00. The number of carbonyl (C=O) groups is 1. The average molecular weight is 604 g/mol. The number of thioether (sulfide) groups is 2. The van der Waals surface area contributed by atoms with E-state index < -0.39 is 4.87 Å². The molecule has 1 N–H and O–H groups in total. The van der Waals surface area contributed by atoms with Crippen molar-refractivity contribution in [3.8, 4) is 0 Å². The van der Waals surface area contributed by atoms with Crippen molar-refractivity contribution < 1.29 is 9.53 Å². The van der Waals surface area contributed by atoms with Crippen LogP contribution in [0.3, 0.4) is 0 Å². The van der Waals surface area contributed by atoms with Gasteiger partial charge in [-0.25, -0.2) is 4.79 Å². The van der Waals surface area contributed by atoms with Crippen LogP contribution in [0.1, 0.15) is 114 Å². The predicted octanol–water partition coefficient (Wildman–Crippen LogP) is 10.8. The zero-order chi connectivity index (χ0) is 31.1. The molecule has 0 spiro atoms. The molecule has 3 nitrogen and oxygen atoms in total. The molecule has 0 radical (unpaired) electrons. The van der Waals surface area contributed by atoms with Crippen LogP contribution in [-0.4, -0.2) is 41.8 Å². The Morgan fingerprint density at radius 1 is 0.659 bits per heavy atom. The zero-order valence-corrected chi connectivity index (χ0v) is 29.7. The lowest BCUT2D eigenvalue weighted by molar-refractivity contribution is -0.143. The van der Waals surface area contributed by atoms with Gasteiger partial charge >= 0.3 is 5.97 Å². The lowest BCUT2D eigenvalue weighted by Crippen LogP contribution is -2.48. The number of methoxy groups -OCH3 is 1. The number of allylic oxidation sites excluding steroid dienone is 10. The Labute approximate surface area is 262 Å². The molecule has 0 aliphatic heterocycles. The Morgan fingerprint density at radius 3 is 1.51 bits per heavy atom. The molecule has 0 amide bonds. The lowest BCUT2D eigenvalue weighted by Gasteiger charge is -2.27. The molecule has 41 heavy (non-hydrogen) atoms. The first-order valence-electron chi connectivity index (χ1n) is 15.3. The van der Waals surface area contributed by atoms with Crippen LogP contribution in [0.5, 0.6) is 0 Å². The molecule has 0 aliphatic carbocycles. The first-order valence-corrected chi connectivity index (χ1v) is 17.5. The van der Waals surface area contributed by atoms with Crippen molar-refractivity contribution >= 4 is 29.5 Å². The SMILES string of the molecule is COC(=O)C(C)(NCCSC/C=C(\C)CC/C=C(\C)CCC=C(C)C)SC/C=C(\C)CC/C=C(\C)CCC=C(C)C. The average Bonchev–Trinajstić information content (AvgIpc) is 2.89. The standard InChI is InChI=1S/C36H61NO2S2/c1-29(2)15-11-17-31(5)19-13-21-33(7)23-26-40-28-25-37-36(9,35(38)39-10)41-27-24-34(8)22-14-20-32(6)18-12-16-30(3)4/h15-16,19-20,23-24,37H,11-14,17-18,21-22,25-28H2,1-10H3/b31-19+,32-20+,33-23+,34-24+. The molecule has 5 heteroatoms. The van der Waals surface area contributed by atoms with Gasteiger partial charge < -0.3 is 4.74 Å². The number of hydrogen-bond acceptors (Lipinski definition) is 5. The second kappa shape index (κ2) is 24.1. The van der Waals surface area contributed by atoms with E-state index in [1.165, 1.54) is 40.5 Å². The Hall–Kier alpha value is -1.43. The molecular weight excluding hydrogens is 543 g/mol. The molecule has 234 valence electrons. The van der Waals surface area contributed by atoms with Crippen molar-refractivity contribution in [3.63, 3.8) is 0 Å². The molecule has 0 heterocycles. The van der Waals surface area contributed by atoms with Crippen LogP contribution in [0, 0.1) is 0 Å². The van der Waals surface area contributed by atoms with Gasteiger partial charge in [0.05, 0.1) is 7.11 Å². The highest BCUT2D eigenvalue weighted by molar-refractivity contribution is 8.01. The smallest absolute Gasteiger partial charge is 0.336 e. The first-order chi connectivity index (χ1) is 19.4. The van der Waals surface area contributed by atoms with Gasteiger partial charge in [-0.05, 0) is 114 Å². The van der Waals surface area contributed by atoms with Crippen LogP contribution >= 0.6 is 23.5 Å². The fraction of sp³-hybridized carbons (Fsp3) is 0.639. The van der Waals surface area contributed by atoms with E-state index in [1.807, 2.05) is 18.7 Å². The molecule has 1 atom stereocenters. The van der Waals surface area contributed by atoms with E-state index >= 15 is 0 Å². The molecule has 0 fully saturated rings. The molecule has 1 unspecified atom stereocenters. The number of carbonyl (C=O) groups excluding carboxylic acids is 1. The van der Waals surface area contributed by atoms with Crippen LogP contribution in [0.25, 0.3) is 0 Å². The van der Waals surface area contributed by atoms with Crippen LogP contribution in [0.4, 0.5) is 0 Å². The summed E-state index contributed by atoms with van der Waals surface area (Å²) in [5.41, 5.74) is 8.55. The number of esters is 1. The van der Waals surface area contributed by atoms with Crippen LogP contribution < -0.4 is 5.32 Å². The molecule has 0 saturated carbocycles. The summed E-state index contributed by atoms with van der Waals surface area (Å²) in [6, 6.07) is 0. The van der Waals surface area contributed by atoms with E-state index in [9.17, 15) is 4.79 Å². The van der Waals surface area contributed by atoms with Crippen LogP contribution in [0.2, 0.25) is 0 Å². The van der Waals surface area contributed by atoms with Crippen molar-refractivity contribution in [2.75, 3.05) is 30.9 Å². The quantitative estimate of drug-likeness (QED) is 0.0577. The van der Waals surface area contributed by atoms with Crippen molar-refractivity contribution in [2.45, 2.75) is 119 Å². The summed E-state index contributed by atoms with van der Waals surface area (Å²) < 4.78 is 5.13. The fourth-order valence-electron chi connectivity index (χ4n) is 4.05. The number of hydrogen-bond donors (Lipinski definition) is 1. The Morgan fingerprint density at radius 2 is 1.07 bits per heavy atom. The molecule has 0 bridgehead atoms. The maximum atomic E-state index is 12.6. The summed E-state index contributed by atoms with van der Waals surface area (Å²) in [6.07, 6.45) is 22.9. The van der Waals surface area contributed by atoms with Gasteiger partial charge in [0.25, 0.3) is 0 Å². The van der Waals surface area contributed by atoms with Gasteiger partial charge in [0.15, 0.2) is 4.87 Å². The summed E-state index contributed by atoms with van der Waals surface area (Å²) in [6.45, 7) is 20.2. The molecular formula is C36H61NO2S2. The molecule has 0 aliphatic rings. The predicted molar refractivity (Wildman–Crippen MR) is 189 cm³/mol. The Kier molecular flexibility index (Phi) is 23.2. The maximum Gasteiger partial charge on any atom is 0.336 e. The Bertz CT molecular complexity index is 931. The molecule has 0 rings (SSSR count). The normalized spacial score (nSPS) is 14.5. The monoisotopic (exact) mass is 603 g/mol. The summed E-state index contributed by atoms with van der Waals surface area (Å²) in [7, 11) is 1.47. The second-order valence-electron chi connectivity index (χ2n) is 11.8. The van der Waals surface area contributed by atoms with Gasteiger partial charge in [-0.1, -0.05) is 69.9 Å². The number of nitrogens with one attached hydrogen (secondary N) is 1. The minimum Gasteiger partial charge on any atom is -0.467 e. The molecule has 0 saturated heterocycles. The summed E-state index contributed by atoms with van der Waals surface area (Å²) in [5, 5.41) is 3.46. The molecule has 0 aromatic heterocycles. The summed E-state index contributed by atoms with van der Waals surface area (Å²) in [4.78, 5) is 11.8. The first kappa shape index (κ1) is 39.6. The van der Waals surface area contributed by atoms with Gasteiger partial charge in [0.2, 0.25) is 0 Å². The van der Waals surface area contributed by atoms with Gasteiger partial charge in [-0.3, -0.25) is 5.32 Å². The topological polar surface area (TPSA) is 38.3 Å². The molecule has 0 aromatic carbocycles. The number of ether oxygens (including phenoxy) is 1. The third-order valence-electron chi connectivity index (χ3n) is 6.88. The summed E-state index contributed by atoms with van der Waals surface area (Å²) in [5.74, 6) is 2.53. The van der Waals surface area contributed by atoms with E-state index in [1.54, 1.807) is 11.8 Å². The summed E-state index contributed by atoms with van der Waals surface area (Å²) >= 11 is 3.51. The largest absolute Gasteiger partial charge is 0.467 e. The van der Waals surface area contributed by atoms with Crippen LogP contribution in [0.15, 0.2) is 69.9 Å². The van der Waals surface area contributed by atoms with Crippen molar-refractivity contribution in [1.29, 1.82) is 0 Å². The number of rotatable bonds is 22. The van der Waals surface area contributed by atoms with Crippen molar-refractivity contribution in [1.82, 2.24) is 5.32 Å². The second-order valence-corrected chi connectivity index (χ2v) is 14.3. The zero-order valence-electron chi connectivity index (χ0n) is 28.1. The van der Waals surface area contributed by atoms with Crippen molar-refractivity contribution in [2.24, 2.45) is 0 Å². The highest BCUT2D eigenvalue weighted by atomic mass is 32.2. The minimum atomic E-state index is -0.741. The highest BCUT2D eigenvalue weighted by Gasteiger charge is 2.33. The fourth-order valence-corrected chi connectivity index (χ4v) is 5.97. The van der Waals surface area contributed by atoms with E-state index in [0.717, 1.165) is 75.2 Å². The van der Waals surface area contributed by atoms with E-state index in [-0.39, 0.29) is 5.97 Å². The van der Waals surface area contributed by atoms with Crippen molar-refractivity contribution in [3.05, 3.63) is 69.9 Å². The van der Waals surface area contributed by atoms with Gasteiger partial charge in [0, 0.05) is 23.8 Å². The van der Waals surface area contributed by atoms with Gasteiger partial charge in [-0.15, -0.1) is 11.8 Å². The van der Waals surface area contributed by atoms with E-state index in [4.69, 9.17) is 4.74 Å². The lowest BCUT2D eigenvalue weighted by atomic mass is 10.1. The molecule has 0 aromatic rings. The van der Waals surface area contributed by atoms with Crippen LogP contribution in [-0.2, 0) is 9.53 Å². The minimum absolute atomic E-state index is 0.214.